The van der Waals surface area contributed by atoms with Crippen LogP contribution in [-0.2, 0) is 0 Å². The molecule has 0 amide bonds. The van der Waals surface area contributed by atoms with E-state index in [1.54, 1.807) is 7.05 Å². The van der Waals surface area contributed by atoms with Crippen molar-refractivity contribution < 1.29 is 5.11 Å². The maximum Gasteiger partial charge on any atom is 0.107 e. The first-order chi connectivity index (χ1) is 6.04. The van der Waals surface area contributed by atoms with Crippen molar-refractivity contribution in [2.24, 2.45) is 11.8 Å². The van der Waals surface area contributed by atoms with Gasteiger partial charge in [-0.15, -0.1) is 0 Å². The molecule has 3 N–H and O–H groups in total. The number of aliphatic hydroxyl groups excluding tert-OH is 1. The highest BCUT2D eigenvalue weighted by Crippen LogP contribution is 2.17. The predicted molar refractivity (Wildman–Crippen MR) is 56.5 cm³/mol. The number of hydrogen-bond donors (Lipinski definition) is 3. The molecule has 0 heterocycles. The minimum Gasteiger partial charge on any atom is -0.378 e. The standard InChI is InChI=1S/C10H24N2O/c1-6-12-9(4)7(2)8(3)10(13)11-5/h7-13H,6H2,1-5H3. The number of aliphatic hydroxyl groups is 1. The fourth-order valence-electron chi connectivity index (χ4n) is 1.51. The Morgan fingerprint density at radius 1 is 1.15 bits per heavy atom. The van der Waals surface area contributed by atoms with E-state index in [-0.39, 0.29) is 5.92 Å². The third kappa shape index (κ3) is 4.07. The van der Waals surface area contributed by atoms with E-state index >= 15 is 0 Å². The van der Waals surface area contributed by atoms with E-state index in [9.17, 15) is 5.11 Å². The van der Waals surface area contributed by atoms with Gasteiger partial charge in [0.25, 0.3) is 0 Å². The van der Waals surface area contributed by atoms with E-state index in [0.29, 0.717) is 12.0 Å². The quantitative estimate of drug-likeness (QED) is 0.540. The molecule has 0 aromatic heterocycles. The molecule has 0 bridgehead atoms. The van der Waals surface area contributed by atoms with Crippen molar-refractivity contribution in [2.75, 3.05) is 13.6 Å². The summed E-state index contributed by atoms with van der Waals surface area (Å²) in [6, 6.07) is 0.447. The van der Waals surface area contributed by atoms with Crippen LogP contribution in [0.1, 0.15) is 27.7 Å². The van der Waals surface area contributed by atoms with Crippen molar-refractivity contribution in [1.82, 2.24) is 10.6 Å². The third-order valence-corrected chi connectivity index (χ3v) is 2.94. The van der Waals surface area contributed by atoms with Crippen molar-refractivity contribution in [3.63, 3.8) is 0 Å². The molecule has 13 heavy (non-hydrogen) atoms. The molecular formula is C10H24N2O. The van der Waals surface area contributed by atoms with Gasteiger partial charge in [-0.3, -0.25) is 5.32 Å². The van der Waals surface area contributed by atoms with E-state index in [1.165, 1.54) is 0 Å². The molecule has 4 unspecified atom stereocenters. The van der Waals surface area contributed by atoms with Gasteiger partial charge in [0, 0.05) is 6.04 Å². The molecule has 0 rings (SSSR count). The summed E-state index contributed by atoms with van der Waals surface area (Å²) in [4.78, 5) is 0. The summed E-state index contributed by atoms with van der Waals surface area (Å²) in [5, 5.41) is 15.8. The van der Waals surface area contributed by atoms with Crippen molar-refractivity contribution in [2.45, 2.75) is 40.0 Å². The van der Waals surface area contributed by atoms with Gasteiger partial charge >= 0.3 is 0 Å². The van der Waals surface area contributed by atoms with Crippen LogP contribution in [0.25, 0.3) is 0 Å². The van der Waals surface area contributed by atoms with E-state index < -0.39 is 6.23 Å². The van der Waals surface area contributed by atoms with Gasteiger partial charge in [0.2, 0.25) is 0 Å². The summed E-state index contributed by atoms with van der Waals surface area (Å²) >= 11 is 0. The highest BCUT2D eigenvalue weighted by Gasteiger charge is 2.23. The lowest BCUT2D eigenvalue weighted by Gasteiger charge is -2.29. The fourth-order valence-corrected chi connectivity index (χ4v) is 1.51. The number of hydrogen-bond acceptors (Lipinski definition) is 3. The highest BCUT2D eigenvalue weighted by molar-refractivity contribution is 4.75. The van der Waals surface area contributed by atoms with Crippen LogP contribution in [0.4, 0.5) is 0 Å². The van der Waals surface area contributed by atoms with Crippen LogP contribution in [0.3, 0.4) is 0 Å². The molecule has 0 aliphatic heterocycles. The van der Waals surface area contributed by atoms with Crippen LogP contribution in [0.5, 0.6) is 0 Å². The lowest BCUT2D eigenvalue weighted by molar-refractivity contribution is 0.0553. The van der Waals surface area contributed by atoms with Crippen molar-refractivity contribution in [1.29, 1.82) is 0 Å². The second-order valence-electron chi connectivity index (χ2n) is 3.80. The summed E-state index contributed by atoms with van der Waals surface area (Å²) in [5.74, 6) is 0.724. The SMILES string of the molecule is CCNC(C)C(C)C(C)C(O)NC. The first kappa shape index (κ1) is 12.9. The van der Waals surface area contributed by atoms with E-state index in [1.807, 2.05) is 0 Å². The van der Waals surface area contributed by atoms with Gasteiger partial charge in [-0.25, -0.2) is 0 Å². The second kappa shape index (κ2) is 6.35. The van der Waals surface area contributed by atoms with Crippen LogP contribution in [0.2, 0.25) is 0 Å². The molecule has 0 saturated carbocycles. The molecule has 0 spiro atoms. The summed E-state index contributed by atoms with van der Waals surface area (Å²) in [6.07, 6.45) is -0.406. The lowest BCUT2D eigenvalue weighted by Crippen LogP contribution is -2.42. The molecule has 3 nitrogen and oxygen atoms in total. The lowest BCUT2D eigenvalue weighted by atomic mass is 9.88. The van der Waals surface area contributed by atoms with Crippen LogP contribution >= 0.6 is 0 Å². The van der Waals surface area contributed by atoms with Gasteiger partial charge in [0.05, 0.1) is 0 Å². The topological polar surface area (TPSA) is 44.3 Å². The summed E-state index contributed by atoms with van der Waals surface area (Å²) in [5.41, 5.74) is 0. The molecule has 80 valence electrons. The van der Waals surface area contributed by atoms with Crippen LogP contribution in [0.15, 0.2) is 0 Å². The van der Waals surface area contributed by atoms with Crippen molar-refractivity contribution >= 4 is 0 Å². The molecule has 3 heteroatoms. The minimum atomic E-state index is -0.406. The normalized spacial score (nSPS) is 20.8. The Morgan fingerprint density at radius 3 is 2.08 bits per heavy atom. The Balaban J connectivity index is 3.99. The zero-order chi connectivity index (χ0) is 10.4. The first-order valence-corrected chi connectivity index (χ1v) is 5.13. The van der Waals surface area contributed by atoms with Crippen molar-refractivity contribution in [3.05, 3.63) is 0 Å². The van der Waals surface area contributed by atoms with Crippen LogP contribution < -0.4 is 10.6 Å². The van der Waals surface area contributed by atoms with Crippen molar-refractivity contribution in [3.8, 4) is 0 Å². The Labute approximate surface area is 81.9 Å². The summed E-state index contributed by atoms with van der Waals surface area (Å²) in [7, 11) is 1.78. The average molecular weight is 188 g/mol. The molecular weight excluding hydrogens is 164 g/mol. The maximum atomic E-state index is 9.58. The zero-order valence-electron chi connectivity index (χ0n) is 9.46. The molecule has 0 aromatic carbocycles. The molecule has 0 fully saturated rings. The van der Waals surface area contributed by atoms with Gasteiger partial charge < -0.3 is 10.4 Å². The highest BCUT2D eigenvalue weighted by atomic mass is 16.3. The predicted octanol–water partition coefficient (Wildman–Crippen LogP) is 0.794. The number of rotatable bonds is 6. The Morgan fingerprint density at radius 2 is 1.69 bits per heavy atom. The van der Waals surface area contributed by atoms with Crippen LogP contribution in [-0.4, -0.2) is 31.0 Å². The molecule has 0 aliphatic rings. The molecule has 4 atom stereocenters. The monoisotopic (exact) mass is 188 g/mol. The second-order valence-corrected chi connectivity index (χ2v) is 3.80. The maximum absolute atomic E-state index is 9.58. The third-order valence-electron chi connectivity index (χ3n) is 2.94. The molecule has 0 aromatic rings. The molecule has 0 radical (unpaired) electrons. The van der Waals surface area contributed by atoms with Crippen LogP contribution in [0, 0.1) is 11.8 Å². The average Bonchev–Trinajstić information content (AvgIpc) is 2.14. The van der Waals surface area contributed by atoms with Gasteiger partial charge in [0.15, 0.2) is 0 Å². The fraction of sp³-hybridized carbons (Fsp3) is 1.00. The van der Waals surface area contributed by atoms with Gasteiger partial charge in [-0.1, -0.05) is 20.8 Å². The smallest absolute Gasteiger partial charge is 0.107 e. The Hall–Kier alpha value is -0.120. The minimum absolute atomic E-state index is 0.263. The van der Waals surface area contributed by atoms with E-state index in [2.05, 4.69) is 38.3 Å². The number of nitrogens with one attached hydrogen (secondary N) is 2. The van der Waals surface area contributed by atoms with E-state index in [0.717, 1.165) is 6.54 Å². The molecule has 0 aliphatic carbocycles. The molecule has 0 saturated heterocycles. The van der Waals surface area contributed by atoms with Gasteiger partial charge in [0.1, 0.15) is 6.23 Å². The first-order valence-electron chi connectivity index (χ1n) is 5.13. The summed E-state index contributed by atoms with van der Waals surface area (Å²) < 4.78 is 0. The Bertz CT molecular complexity index is 130. The largest absolute Gasteiger partial charge is 0.378 e. The van der Waals surface area contributed by atoms with Gasteiger partial charge in [-0.2, -0.15) is 0 Å². The zero-order valence-corrected chi connectivity index (χ0v) is 9.46. The van der Waals surface area contributed by atoms with E-state index in [4.69, 9.17) is 0 Å². The summed E-state index contributed by atoms with van der Waals surface area (Å²) in [6.45, 7) is 9.47. The Kier molecular flexibility index (Phi) is 6.29. The van der Waals surface area contributed by atoms with Gasteiger partial charge in [-0.05, 0) is 32.4 Å².